The minimum Gasteiger partial charge on any atom is -0.497 e. The minimum atomic E-state index is -0.531. The largest absolute Gasteiger partial charge is 0.497 e. The quantitative estimate of drug-likeness (QED) is 0.438. The minimum absolute atomic E-state index is 0.0440. The van der Waals surface area contributed by atoms with Gasteiger partial charge in [-0.3, -0.25) is 15.1 Å². The summed E-state index contributed by atoms with van der Waals surface area (Å²) >= 11 is 6.15. The van der Waals surface area contributed by atoms with Crippen molar-refractivity contribution < 1.29 is 18.4 Å². The summed E-state index contributed by atoms with van der Waals surface area (Å²) in [6.45, 7) is 0. The molecule has 0 fully saturated rings. The molecule has 4 rings (SSSR count). The van der Waals surface area contributed by atoms with E-state index in [9.17, 15) is 9.18 Å². The van der Waals surface area contributed by atoms with E-state index in [1.807, 2.05) is 0 Å². The van der Waals surface area contributed by atoms with Gasteiger partial charge in [0.25, 0.3) is 0 Å². The highest BCUT2D eigenvalue weighted by Gasteiger charge is 2.23. The lowest BCUT2D eigenvalue weighted by atomic mass is 10.0. The van der Waals surface area contributed by atoms with Crippen molar-refractivity contribution in [2.24, 2.45) is 0 Å². The summed E-state index contributed by atoms with van der Waals surface area (Å²) < 4.78 is 25.2. The highest BCUT2D eigenvalue weighted by molar-refractivity contribution is 6.31. The summed E-state index contributed by atoms with van der Waals surface area (Å²) in [6, 6.07) is 15.0. The number of amides is 1. The Balaban J connectivity index is 1.72. The Bertz CT molecular complexity index is 1230. The highest BCUT2D eigenvalue weighted by atomic mass is 35.5. The van der Waals surface area contributed by atoms with Gasteiger partial charge in [-0.2, -0.15) is 0 Å². The van der Waals surface area contributed by atoms with Crippen molar-refractivity contribution in [1.82, 2.24) is 10.1 Å². The second kappa shape index (κ2) is 8.97. The van der Waals surface area contributed by atoms with Crippen LogP contribution < -0.4 is 10.1 Å². The summed E-state index contributed by atoms with van der Waals surface area (Å²) in [5.41, 5.74) is 2.24. The van der Waals surface area contributed by atoms with E-state index < -0.39 is 5.82 Å². The van der Waals surface area contributed by atoms with Crippen LogP contribution in [0.1, 0.15) is 5.56 Å². The monoisotopic (exact) mass is 437 g/mol. The predicted octanol–water partition coefficient (Wildman–Crippen LogP) is 5.39. The first-order valence-corrected chi connectivity index (χ1v) is 9.72. The molecule has 0 saturated carbocycles. The zero-order valence-electron chi connectivity index (χ0n) is 16.4. The van der Waals surface area contributed by atoms with Crippen molar-refractivity contribution in [2.45, 2.75) is 6.42 Å². The van der Waals surface area contributed by atoms with Crippen molar-refractivity contribution in [3.8, 4) is 28.1 Å². The second-order valence-electron chi connectivity index (χ2n) is 6.63. The van der Waals surface area contributed by atoms with Crippen LogP contribution in [0.25, 0.3) is 22.4 Å². The van der Waals surface area contributed by atoms with Crippen LogP contribution in [0.4, 0.5) is 10.3 Å². The SMILES string of the molecule is COc1ccc(-c2noc(NC(=O)Cc3ccccc3Cl)c2-c2ccncc2)c(F)c1. The fourth-order valence-corrected chi connectivity index (χ4v) is 3.35. The molecule has 8 heteroatoms. The van der Waals surface area contributed by atoms with Crippen LogP contribution in [-0.4, -0.2) is 23.2 Å². The standard InChI is InChI=1S/C23H17ClFN3O3/c1-30-16-6-7-17(19(25)13-16)22-21(14-8-10-26-11-9-14)23(31-28-22)27-20(29)12-15-4-2-3-5-18(15)24/h2-11,13H,12H2,1H3,(H,27,29). The highest BCUT2D eigenvalue weighted by Crippen LogP contribution is 2.39. The van der Waals surface area contributed by atoms with E-state index in [0.717, 1.165) is 0 Å². The van der Waals surface area contributed by atoms with Gasteiger partial charge in [0.15, 0.2) is 0 Å². The zero-order chi connectivity index (χ0) is 21.8. The number of carbonyl (C=O) groups is 1. The summed E-state index contributed by atoms with van der Waals surface area (Å²) in [5.74, 6) is -0.393. The topological polar surface area (TPSA) is 77.3 Å². The Morgan fingerprint density at radius 1 is 1.16 bits per heavy atom. The van der Waals surface area contributed by atoms with Gasteiger partial charge in [-0.25, -0.2) is 4.39 Å². The molecule has 0 radical (unpaired) electrons. The average Bonchev–Trinajstić information content (AvgIpc) is 3.18. The third-order valence-electron chi connectivity index (χ3n) is 4.65. The molecule has 0 bridgehead atoms. The summed E-state index contributed by atoms with van der Waals surface area (Å²) in [6.07, 6.45) is 3.22. The van der Waals surface area contributed by atoms with Gasteiger partial charge in [0.05, 0.1) is 19.1 Å². The van der Waals surface area contributed by atoms with E-state index in [0.29, 0.717) is 27.5 Å². The van der Waals surface area contributed by atoms with Crippen LogP contribution in [0.15, 0.2) is 71.5 Å². The molecule has 0 aliphatic carbocycles. The van der Waals surface area contributed by atoms with Crippen LogP contribution in [0.3, 0.4) is 0 Å². The summed E-state index contributed by atoms with van der Waals surface area (Å²) in [4.78, 5) is 16.7. The van der Waals surface area contributed by atoms with E-state index >= 15 is 0 Å². The molecule has 156 valence electrons. The van der Waals surface area contributed by atoms with Gasteiger partial charge in [0.2, 0.25) is 11.8 Å². The molecule has 0 saturated heterocycles. The van der Waals surface area contributed by atoms with Gasteiger partial charge < -0.3 is 9.26 Å². The fraction of sp³-hybridized carbons (Fsp3) is 0.0870. The molecule has 0 aliphatic rings. The molecule has 0 atom stereocenters. The van der Waals surface area contributed by atoms with Crippen LogP contribution in [0.5, 0.6) is 5.75 Å². The lowest BCUT2D eigenvalue weighted by Crippen LogP contribution is -2.14. The van der Waals surface area contributed by atoms with Crippen molar-refractivity contribution >= 4 is 23.4 Å². The molecule has 1 N–H and O–H groups in total. The Morgan fingerprint density at radius 3 is 2.65 bits per heavy atom. The zero-order valence-corrected chi connectivity index (χ0v) is 17.2. The normalized spacial score (nSPS) is 10.7. The predicted molar refractivity (Wildman–Crippen MR) is 115 cm³/mol. The maximum absolute atomic E-state index is 14.7. The Hall–Kier alpha value is -3.71. The first-order valence-electron chi connectivity index (χ1n) is 9.34. The lowest BCUT2D eigenvalue weighted by molar-refractivity contribution is -0.115. The number of methoxy groups -OCH3 is 1. The van der Waals surface area contributed by atoms with Crippen LogP contribution >= 0.6 is 11.6 Å². The number of benzene rings is 2. The summed E-state index contributed by atoms with van der Waals surface area (Å²) in [5, 5.41) is 7.25. The molecule has 2 aromatic carbocycles. The lowest BCUT2D eigenvalue weighted by Gasteiger charge is -2.08. The van der Waals surface area contributed by atoms with Crippen LogP contribution in [0.2, 0.25) is 5.02 Å². The van der Waals surface area contributed by atoms with E-state index in [-0.39, 0.29) is 29.5 Å². The Morgan fingerprint density at radius 2 is 1.94 bits per heavy atom. The molecule has 0 unspecified atom stereocenters. The molecular weight excluding hydrogens is 421 g/mol. The van der Waals surface area contributed by atoms with Crippen LogP contribution in [-0.2, 0) is 11.2 Å². The maximum atomic E-state index is 14.7. The molecular formula is C23H17ClFN3O3. The number of halogens is 2. The third kappa shape index (κ3) is 4.41. The second-order valence-corrected chi connectivity index (χ2v) is 7.04. The molecule has 6 nitrogen and oxygen atoms in total. The molecule has 2 aromatic heterocycles. The van der Waals surface area contributed by atoms with Gasteiger partial charge in [-0.15, -0.1) is 0 Å². The van der Waals surface area contributed by atoms with Crippen LogP contribution in [0, 0.1) is 5.82 Å². The van der Waals surface area contributed by atoms with Crippen molar-refractivity contribution in [3.05, 3.63) is 83.4 Å². The van der Waals surface area contributed by atoms with E-state index in [1.54, 1.807) is 60.9 Å². The van der Waals surface area contributed by atoms with Crippen molar-refractivity contribution in [1.29, 1.82) is 0 Å². The van der Waals surface area contributed by atoms with E-state index in [2.05, 4.69) is 15.5 Å². The third-order valence-corrected chi connectivity index (χ3v) is 5.02. The molecule has 1 amide bonds. The first-order chi connectivity index (χ1) is 15.1. The molecule has 4 aromatic rings. The van der Waals surface area contributed by atoms with Gasteiger partial charge in [-0.1, -0.05) is 35.0 Å². The Kier molecular flexibility index (Phi) is 5.95. The van der Waals surface area contributed by atoms with E-state index in [4.69, 9.17) is 20.9 Å². The smallest absolute Gasteiger partial charge is 0.239 e. The van der Waals surface area contributed by atoms with E-state index in [1.165, 1.54) is 13.2 Å². The molecule has 0 aliphatic heterocycles. The van der Waals surface area contributed by atoms with Gasteiger partial charge in [-0.05, 0) is 41.5 Å². The molecule has 0 spiro atoms. The fourth-order valence-electron chi connectivity index (χ4n) is 3.15. The van der Waals surface area contributed by atoms with Gasteiger partial charge in [0.1, 0.15) is 17.3 Å². The average molecular weight is 438 g/mol. The maximum Gasteiger partial charge on any atom is 0.239 e. The number of hydrogen-bond donors (Lipinski definition) is 1. The number of hydrogen-bond acceptors (Lipinski definition) is 5. The number of carbonyl (C=O) groups excluding carboxylic acids is 1. The number of pyridine rings is 1. The Labute approximate surface area is 182 Å². The van der Waals surface area contributed by atoms with Crippen molar-refractivity contribution in [3.63, 3.8) is 0 Å². The number of nitrogens with zero attached hydrogens (tertiary/aromatic N) is 2. The van der Waals surface area contributed by atoms with Gasteiger partial charge in [0, 0.05) is 29.0 Å². The van der Waals surface area contributed by atoms with Crippen molar-refractivity contribution in [2.75, 3.05) is 12.4 Å². The number of nitrogens with one attached hydrogen (secondary N) is 1. The molecule has 31 heavy (non-hydrogen) atoms. The molecule has 2 heterocycles. The number of rotatable bonds is 6. The number of ether oxygens (including phenoxy) is 1. The number of aromatic nitrogens is 2. The first kappa shape index (κ1) is 20.6. The summed E-state index contributed by atoms with van der Waals surface area (Å²) in [7, 11) is 1.46. The number of anilines is 1. The van der Waals surface area contributed by atoms with Gasteiger partial charge >= 0.3 is 0 Å².